The molecule has 0 aliphatic rings. The molecule has 0 spiro atoms. The molecule has 3 heteroatoms. The second-order valence-electron chi connectivity index (χ2n) is 4.27. The van der Waals surface area contributed by atoms with Gasteiger partial charge in [-0.1, -0.05) is 23.9 Å². The molecule has 0 amide bonds. The topological polar surface area (TPSA) is 35.2 Å². The molecule has 0 aliphatic heterocycles. The van der Waals surface area contributed by atoms with E-state index in [1.54, 1.807) is 18.9 Å². The summed E-state index contributed by atoms with van der Waals surface area (Å²) in [6, 6.07) is 12.2. The van der Waals surface area contributed by atoms with Gasteiger partial charge in [-0.25, -0.2) is 0 Å². The van der Waals surface area contributed by atoms with Crippen LogP contribution in [0.5, 0.6) is 5.75 Å². The molecule has 0 radical (unpaired) electrons. The van der Waals surface area contributed by atoms with Crippen molar-refractivity contribution < 1.29 is 4.74 Å². The number of ether oxygens (including phenoxy) is 1. The molecule has 0 unspecified atom stereocenters. The van der Waals surface area contributed by atoms with Gasteiger partial charge in [-0.2, -0.15) is 0 Å². The highest BCUT2D eigenvalue weighted by atomic mass is 32.2. The number of hydrogen-bond donors (Lipinski definition) is 1. The van der Waals surface area contributed by atoms with Gasteiger partial charge in [-0.3, -0.25) is 0 Å². The van der Waals surface area contributed by atoms with Gasteiger partial charge >= 0.3 is 0 Å². The highest BCUT2D eigenvalue weighted by Gasteiger charge is 2.06. The Balaban J connectivity index is 2.31. The summed E-state index contributed by atoms with van der Waals surface area (Å²) in [5, 5.41) is 0. The molecule has 0 aliphatic carbocycles. The molecule has 0 heterocycles. The van der Waals surface area contributed by atoms with Crippen LogP contribution in [-0.2, 0) is 0 Å². The van der Waals surface area contributed by atoms with Crippen LogP contribution >= 0.6 is 11.8 Å². The number of rotatable bonds is 3. The average molecular weight is 259 g/mol. The molecule has 0 atom stereocenters. The molecule has 2 aromatic carbocycles. The fourth-order valence-corrected chi connectivity index (χ4v) is 2.71. The third-order valence-electron chi connectivity index (χ3n) is 2.78. The summed E-state index contributed by atoms with van der Waals surface area (Å²) in [7, 11) is 1.65. The van der Waals surface area contributed by atoms with Crippen molar-refractivity contribution in [1.29, 1.82) is 0 Å². The maximum absolute atomic E-state index is 6.03. The lowest BCUT2D eigenvalue weighted by Crippen LogP contribution is -1.91. The molecule has 2 N–H and O–H groups in total. The van der Waals surface area contributed by atoms with Gasteiger partial charge in [0, 0.05) is 21.5 Å². The molecule has 94 valence electrons. The Morgan fingerprint density at radius 1 is 1.00 bits per heavy atom. The van der Waals surface area contributed by atoms with Gasteiger partial charge in [0.1, 0.15) is 5.75 Å². The van der Waals surface area contributed by atoms with Gasteiger partial charge in [0.25, 0.3) is 0 Å². The molecule has 0 saturated heterocycles. The minimum absolute atomic E-state index is 0.750. The summed E-state index contributed by atoms with van der Waals surface area (Å²) in [5.74, 6) is 0.790. The normalized spacial score (nSPS) is 10.4. The van der Waals surface area contributed by atoms with E-state index in [9.17, 15) is 0 Å². The van der Waals surface area contributed by atoms with Crippen LogP contribution in [0, 0.1) is 13.8 Å². The van der Waals surface area contributed by atoms with Crippen molar-refractivity contribution >= 4 is 17.4 Å². The van der Waals surface area contributed by atoms with E-state index in [0.717, 1.165) is 16.3 Å². The quantitative estimate of drug-likeness (QED) is 0.845. The van der Waals surface area contributed by atoms with Crippen LogP contribution in [0.25, 0.3) is 0 Å². The van der Waals surface area contributed by atoms with Crippen LogP contribution in [0.1, 0.15) is 11.1 Å². The van der Waals surface area contributed by atoms with Crippen LogP contribution in [0.2, 0.25) is 0 Å². The van der Waals surface area contributed by atoms with Crippen molar-refractivity contribution in [3.8, 4) is 5.75 Å². The third-order valence-corrected chi connectivity index (χ3v) is 4.03. The number of aryl methyl sites for hydroxylation is 2. The maximum atomic E-state index is 6.03. The van der Waals surface area contributed by atoms with Crippen LogP contribution in [0.4, 0.5) is 5.69 Å². The van der Waals surface area contributed by atoms with Crippen molar-refractivity contribution in [2.24, 2.45) is 0 Å². The Morgan fingerprint density at radius 3 is 2.44 bits per heavy atom. The Hall–Kier alpha value is -1.61. The predicted molar refractivity (Wildman–Crippen MR) is 77.4 cm³/mol. The predicted octanol–water partition coefficient (Wildman–Crippen LogP) is 4.05. The van der Waals surface area contributed by atoms with Crippen LogP contribution in [-0.4, -0.2) is 7.11 Å². The molecule has 0 saturated carbocycles. The molecule has 2 nitrogen and oxygen atoms in total. The SMILES string of the molecule is COc1ccc(Sc2cc(C)ccc2C)c(N)c1. The van der Waals surface area contributed by atoms with E-state index in [1.165, 1.54) is 16.0 Å². The lowest BCUT2D eigenvalue weighted by molar-refractivity contribution is 0.415. The van der Waals surface area contributed by atoms with Crippen LogP contribution in [0.15, 0.2) is 46.2 Å². The molecule has 2 rings (SSSR count). The van der Waals surface area contributed by atoms with Gasteiger partial charge < -0.3 is 10.5 Å². The van der Waals surface area contributed by atoms with E-state index in [1.807, 2.05) is 18.2 Å². The highest BCUT2D eigenvalue weighted by Crippen LogP contribution is 2.35. The summed E-state index contributed by atoms with van der Waals surface area (Å²) in [4.78, 5) is 2.30. The zero-order valence-corrected chi connectivity index (χ0v) is 11.7. The first-order valence-electron chi connectivity index (χ1n) is 5.79. The fourth-order valence-electron chi connectivity index (χ4n) is 1.68. The van der Waals surface area contributed by atoms with E-state index < -0.39 is 0 Å². The van der Waals surface area contributed by atoms with Gasteiger partial charge in [0.05, 0.1) is 7.11 Å². The summed E-state index contributed by atoms with van der Waals surface area (Å²) in [5.41, 5.74) is 9.31. The summed E-state index contributed by atoms with van der Waals surface area (Å²) in [6.45, 7) is 4.21. The van der Waals surface area contributed by atoms with Crippen molar-refractivity contribution in [1.82, 2.24) is 0 Å². The average Bonchev–Trinajstić information content (AvgIpc) is 2.36. The Morgan fingerprint density at radius 2 is 1.78 bits per heavy atom. The first kappa shape index (κ1) is 12.8. The maximum Gasteiger partial charge on any atom is 0.120 e. The van der Waals surface area contributed by atoms with Crippen molar-refractivity contribution in [2.45, 2.75) is 23.6 Å². The molecule has 18 heavy (non-hydrogen) atoms. The Kier molecular flexibility index (Phi) is 3.82. The lowest BCUT2D eigenvalue weighted by atomic mass is 10.2. The number of methoxy groups -OCH3 is 1. The second kappa shape index (κ2) is 5.36. The summed E-state index contributed by atoms with van der Waals surface area (Å²) < 4.78 is 5.15. The molecule has 2 aromatic rings. The van der Waals surface area contributed by atoms with E-state index in [-0.39, 0.29) is 0 Å². The number of hydrogen-bond acceptors (Lipinski definition) is 3. The first-order valence-corrected chi connectivity index (χ1v) is 6.60. The molecule has 0 fully saturated rings. The number of benzene rings is 2. The number of nitrogen functional groups attached to an aromatic ring is 1. The zero-order chi connectivity index (χ0) is 13.1. The molecular weight excluding hydrogens is 242 g/mol. The fraction of sp³-hybridized carbons (Fsp3) is 0.200. The van der Waals surface area contributed by atoms with Gasteiger partial charge in [-0.15, -0.1) is 0 Å². The third kappa shape index (κ3) is 2.79. The highest BCUT2D eigenvalue weighted by molar-refractivity contribution is 7.99. The number of anilines is 1. The van der Waals surface area contributed by atoms with Crippen molar-refractivity contribution in [3.63, 3.8) is 0 Å². The molecule has 0 bridgehead atoms. The summed E-state index contributed by atoms with van der Waals surface area (Å²) in [6.07, 6.45) is 0. The molecule has 0 aromatic heterocycles. The van der Waals surface area contributed by atoms with E-state index >= 15 is 0 Å². The summed E-state index contributed by atoms with van der Waals surface area (Å²) >= 11 is 1.69. The minimum atomic E-state index is 0.750. The lowest BCUT2D eigenvalue weighted by Gasteiger charge is -2.10. The monoisotopic (exact) mass is 259 g/mol. The Labute approximate surface area is 112 Å². The van der Waals surface area contributed by atoms with Crippen molar-refractivity contribution in [3.05, 3.63) is 47.5 Å². The van der Waals surface area contributed by atoms with Crippen LogP contribution < -0.4 is 10.5 Å². The standard InChI is InChI=1S/C15H17NOS/c1-10-4-5-11(2)15(8-10)18-14-7-6-12(17-3)9-13(14)16/h4-9H,16H2,1-3H3. The van der Waals surface area contributed by atoms with Crippen molar-refractivity contribution in [2.75, 3.05) is 12.8 Å². The van der Waals surface area contributed by atoms with E-state index in [4.69, 9.17) is 10.5 Å². The largest absolute Gasteiger partial charge is 0.497 e. The molecular formula is C15H17NOS. The zero-order valence-electron chi connectivity index (χ0n) is 10.9. The van der Waals surface area contributed by atoms with Gasteiger partial charge in [-0.05, 0) is 43.2 Å². The van der Waals surface area contributed by atoms with Gasteiger partial charge in [0.2, 0.25) is 0 Å². The number of nitrogens with two attached hydrogens (primary N) is 1. The van der Waals surface area contributed by atoms with Crippen LogP contribution in [0.3, 0.4) is 0 Å². The minimum Gasteiger partial charge on any atom is -0.497 e. The van der Waals surface area contributed by atoms with E-state index in [2.05, 4.69) is 32.0 Å². The second-order valence-corrected chi connectivity index (χ2v) is 5.36. The van der Waals surface area contributed by atoms with Gasteiger partial charge in [0.15, 0.2) is 0 Å². The Bertz CT molecular complexity index is 566. The smallest absolute Gasteiger partial charge is 0.120 e. The van der Waals surface area contributed by atoms with E-state index in [0.29, 0.717) is 0 Å². The first-order chi connectivity index (χ1) is 8.60.